The molecule has 1 aromatic carbocycles. The molecule has 1 rings (SSSR count). The molecule has 7 N–H and O–H groups in total. The number of amides is 2. The number of carbonyl (C=O) groups is 2. The third-order valence-corrected chi connectivity index (χ3v) is 3.84. The van der Waals surface area contributed by atoms with Crippen LogP contribution in [0.3, 0.4) is 0 Å². The predicted molar refractivity (Wildman–Crippen MR) is 100 cm³/mol. The first-order chi connectivity index (χ1) is 11.7. The SMILES string of the molecule is CNC(=O)/C(=C(/Cl)C(=N)C(=O)N/C(=N/N)N(C)N)c1ccc(Br)cc1. The van der Waals surface area contributed by atoms with Gasteiger partial charge in [-0.05, 0) is 17.7 Å². The summed E-state index contributed by atoms with van der Waals surface area (Å²) in [7, 11) is 2.81. The van der Waals surface area contributed by atoms with E-state index in [0.717, 1.165) is 9.48 Å². The Kier molecular flexibility index (Phi) is 7.55. The lowest BCUT2D eigenvalue weighted by atomic mass is 10.0. The van der Waals surface area contributed by atoms with Crippen LogP contribution in [0.5, 0.6) is 0 Å². The maximum absolute atomic E-state index is 12.2. The Bertz CT molecular complexity index is 744. The molecule has 0 bridgehead atoms. The molecule has 0 heterocycles. The van der Waals surface area contributed by atoms with Gasteiger partial charge in [-0.2, -0.15) is 0 Å². The maximum atomic E-state index is 12.2. The van der Waals surface area contributed by atoms with Gasteiger partial charge in [-0.15, -0.1) is 5.10 Å². The van der Waals surface area contributed by atoms with E-state index in [2.05, 4.69) is 31.7 Å². The van der Waals surface area contributed by atoms with E-state index in [4.69, 9.17) is 28.7 Å². The quantitative estimate of drug-likeness (QED) is 0.153. The summed E-state index contributed by atoms with van der Waals surface area (Å²) in [5, 5.41) is 16.5. The van der Waals surface area contributed by atoms with Crippen molar-refractivity contribution >= 4 is 56.6 Å². The molecule has 9 nitrogen and oxygen atoms in total. The standard InChI is InChI=1S/C14H17BrClN7O2/c1-20-12(24)9(7-3-5-8(15)6-4-7)10(16)11(17)13(25)21-14(22-18)23(2)19/h3-6,17H,18-19H2,1-2H3,(H,20,24)(H,21,22,25)/b10-9+,17-11?. The van der Waals surface area contributed by atoms with Gasteiger partial charge in [0, 0.05) is 18.6 Å². The molecule has 134 valence electrons. The van der Waals surface area contributed by atoms with Crippen LogP contribution in [0, 0.1) is 5.41 Å². The highest BCUT2D eigenvalue weighted by molar-refractivity contribution is 9.10. The van der Waals surface area contributed by atoms with Crippen molar-refractivity contribution in [1.82, 2.24) is 15.6 Å². The number of hydrazone groups is 1. The van der Waals surface area contributed by atoms with Crippen LogP contribution in [0.25, 0.3) is 5.57 Å². The molecular formula is C14H17BrClN7O2. The van der Waals surface area contributed by atoms with Crippen molar-refractivity contribution in [2.75, 3.05) is 14.1 Å². The lowest BCUT2D eigenvalue weighted by Crippen LogP contribution is -2.48. The first-order valence-electron chi connectivity index (χ1n) is 6.77. The highest BCUT2D eigenvalue weighted by Crippen LogP contribution is 2.24. The number of nitrogens with zero attached hydrogens (tertiary/aromatic N) is 2. The van der Waals surface area contributed by atoms with E-state index in [1.54, 1.807) is 24.3 Å². The molecule has 0 saturated heterocycles. The summed E-state index contributed by atoms with van der Waals surface area (Å²) in [5.74, 6) is 8.88. The van der Waals surface area contributed by atoms with Crippen molar-refractivity contribution in [3.8, 4) is 0 Å². The number of likely N-dealkylation sites (N-methyl/N-ethyl adjacent to an activating group) is 1. The van der Waals surface area contributed by atoms with Crippen LogP contribution in [0.4, 0.5) is 0 Å². The van der Waals surface area contributed by atoms with E-state index < -0.39 is 17.5 Å². The molecule has 0 saturated carbocycles. The largest absolute Gasteiger partial charge is 0.355 e. The molecule has 25 heavy (non-hydrogen) atoms. The van der Waals surface area contributed by atoms with E-state index >= 15 is 0 Å². The maximum Gasteiger partial charge on any atom is 0.277 e. The Labute approximate surface area is 157 Å². The number of benzene rings is 1. The second-order valence-electron chi connectivity index (χ2n) is 4.67. The highest BCUT2D eigenvalue weighted by atomic mass is 79.9. The molecule has 0 spiro atoms. The van der Waals surface area contributed by atoms with Gasteiger partial charge in [-0.1, -0.05) is 39.7 Å². The van der Waals surface area contributed by atoms with E-state index in [0.29, 0.717) is 5.56 Å². The summed E-state index contributed by atoms with van der Waals surface area (Å²) in [5.41, 5.74) is -0.232. The zero-order valence-corrected chi connectivity index (χ0v) is 15.8. The van der Waals surface area contributed by atoms with E-state index in [1.807, 2.05) is 0 Å². The number of halogens is 2. The zero-order chi connectivity index (χ0) is 19.1. The summed E-state index contributed by atoms with van der Waals surface area (Å²) in [6.45, 7) is 0. The molecule has 0 aliphatic heterocycles. The number of carbonyl (C=O) groups excluding carboxylic acids is 2. The summed E-state index contributed by atoms with van der Waals surface area (Å²) in [4.78, 5) is 24.3. The highest BCUT2D eigenvalue weighted by Gasteiger charge is 2.23. The van der Waals surface area contributed by atoms with Crippen LogP contribution in [-0.4, -0.2) is 42.6 Å². The lowest BCUT2D eigenvalue weighted by Gasteiger charge is -2.15. The van der Waals surface area contributed by atoms with Crippen molar-refractivity contribution < 1.29 is 9.59 Å². The topological polar surface area (TPSA) is 150 Å². The van der Waals surface area contributed by atoms with Crippen LogP contribution in [0.1, 0.15) is 5.56 Å². The number of hydrogen-bond acceptors (Lipinski definition) is 6. The molecular weight excluding hydrogens is 414 g/mol. The van der Waals surface area contributed by atoms with Crippen molar-refractivity contribution in [3.05, 3.63) is 39.3 Å². The summed E-state index contributed by atoms with van der Waals surface area (Å²) in [6, 6.07) is 6.66. The Hall–Kier alpha value is -2.43. The summed E-state index contributed by atoms with van der Waals surface area (Å²) >= 11 is 9.44. The van der Waals surface area contributed by atoms with Gasteiger partial charge in [0.05, 0.1) is 10.6 Å². The number of hydrazine groups is 1. The van der Waals surface area contributed by atoms with Gasteiger partial charge in [-0.3, -0.25) is 25.3 Å². The van der Waals surface area contributed by atoms with Gasteiger partial charge in [0.2, 0.25) is 5.96 Å². The van der Waals surface area contributed by atoms with Gasteiger partial charge in [0.25, 0.3) is 11.8 Å². The predicted octanol–water partition coefficient (Wildman–Crippen LogP) is 0.316. The number of nitrogens with one attached hydrogen (secondary N) is 3. The molecule has 1 aromatic rings. The summed E-state index contributed by atoms with van der Waals surface area (Å²) in [6.07, 6.45) is 0. The average Bonchev–Trinajstić information content (AvgIpc) is 2.59. The smallest absolute Gasteiger partial charge is 0.277 e. The summed E-state index contributed by atoms with van der Waals surface area (Å²) < 4.78 is 0.797. The Balaban J connectivity index is 3.27. The van der Waals surface area contributed by atoms with Crippen molar-refractivity contribution in [3.63, 3.8) is 0 Å². The molecule has 0 aliphatic carbocycles. The van der Waals surface area contributed by atoms with Gasteiger partial charge in [-0.25, -0.2) is 5.84 Å². The third-order valence-electron chi connectivity index (χ3n) is 2.93. The molecule has 0 aromatic heterocycles. The molecule has 0 fully saturated rings. The Morgan fingerprint density at radius 1 is 1.28 bits per heavy atom. The number of rotatable bonds is 4. The van der Waals surface area contributed by atoms with Crippen LogP contribution in [0.15, 0.2) is 38.9 Å². The van der Waals surface area contributed by atoms with Gasteiger partial charge in [0.1, 0.15) is 5.71 Å². The van der Waals surface area contributed by atoms with E-state index in [1.165, 1.54) is 14.1 Å². The minimum Gasteiger partial charge on any atom is -0.355 e. The second-order valence-corrected chi connectivity index (χ2v) is 5.96. The monoisotopic (exact) mass is 429 g/mol. The van der Waals surface area contributed by atoms with Gasteiger partial charge in [0.15, 0.2) is 0 Å². The first kappa shape index (κ1) is 20.6. The molecule has 11 heteroatoms. The fourth-order valence-electron chi connectivity index (χ4n) is 1.70. The van der Waals surface area contributed by atoms with Gasteiger partial charge < -0.3 is 11.2 Å². The molecule has 0 unspecified atom stereocenters. The van der Waals surface area contributed by atoms with Crippen LogP contribution in [0.2, 0.25) is 0 Å². The van der Waals surface area contributed by atoms with Crippen LogP contribution >= 0.6 is 27.5 Å². The minimum atomic E-state index is -0.926. The number of nitrogens with two attached hydrogens (primary N) is 2. The first-order valence-corrected chi connectivity index (χ1v) is 7.94. The van der Waals surface area contributed by atoms with Crippen LogP contribution in [-0.2, 0) is 9.59 Å². The minimum absolute atomic E-state index is 0.0239. The molecule has 0 atom stereocenters. The van der Waals surface area contributed by atoms with Gasteiger partial charge >= 0.3 is 0 Å². The normalized spacial score (nSPS) is 12.1. The molecule has 2 amide bonds. The zero-order valence-electron chi connectivity index (χ0n) is 13.4. The van der Waals surface area contributed by atoms with E-state index in [9.17, 15) is 9.59 Å². The van der Waals surface area contributed by atoms with Crippen molar-refractivity contribution in [2.24, 2.45) is 16.8 Å². The number of hydrogen-bond donors (Lipinski definition) is 5. The fraction of sp³-hybridized carbons (Fsp3) is 0.143. The number of guanidine groups is 1. The Morgan fingerprint density at radius 3 is 2.28 bits per heavy atom. The van der Waals surface area contributed by atoms with Crippen molar-refractivity contribution in [1.29, 1.82) is 5.41 Å². The lowest BCUT2D eigenvalue weighted by molar-refractivity contribution is -0.115. The van der Waals surface area contributed by atoms with E-state index in [-0.39, 0.29) is 16.6 Å². The second kappa shape index (κ2) is 9.16. The fourth-order valence-corrected chi connectivity index (χ4v) is 2.24. The molecule has 0 aliphatic rings. The average molecular weight is 431 g/mol. The van der Waals surface area contributed by atoms with Crippen LogP contribution < -0.4 is 22.3 Å². The Morgan fingerprint density at radius 2 is 1.84 bits per heavy atom. The van der Waals surface area contributed by atoms with Crippen molar-refractivity contribution in [2.45, 2.75) is 0 Å². The molecule has 0 radical (unpaired) electrons. The third kappa shape index (κ3) is 5.28.